The van der Waals surface area contributed by atoms with Gasteiger partial charge in [-0.3, -0.25) is 0 Å². The second kappa shape index (κ2) is 4.01. The molecule has 0 unspecified atom stereocenters. The maximum absolute atomic E-state index is 5.65. The molecule has 1 rings (SSSR count). The van der Waals surface area contributed by atoms with Gasteiger partial charge in [-0.15, -0.1) is 11.6 Å². The van der Waals surface area contributed by atoms with Crippen LogP contribution in [0.25, 0.3) is 0 Å². The molecule has 0 fully saturated rings. The third-order valence-electron chi connectivity index (χ3n) is 1.99. The Morgan fingerprint density at radius 1 is 1.23 bits per heavy atom. The van der Waals surface area contributed by atoms with Crippen LogP contribution in [0, 0.1) is 0 Å². The molecule has 0 saturated heterocycles. The maximum atomic E-state index is 5.65. The molecule has 0 saturated carbocycles. The van der Waals surface area contributed by atoms with E-state index in [1.807, 2.05) is 6.07 Å². The molecule has 0 aliphatic heterocycles. The number of rotatable bonds is 2. The van der Waals surface area contributed by atoms with E-state index in [0.29, 0.717) is 6.00 Å². The lowest BCUT2D eigenvalue weighted by Crippen LogP contribution is -2.14. The van der Waals surface area contributed by atoms with Crippen molar-refractivity contribution in [1.82, 2.24) is 0 Å². The number of benzene rings is 1. The Bertz CT molecular complexity index is 276. The first-order valence-corrected chi connectivity index (χ1v) is 4.98. The molecule has 1 aromatic rings. The van der Waals surface area contributed by atoms with Crippen molar-refractivity contribution in [3.63, 3.8) is 0 Å². The van der Waals surface area contributed by atoms with Crippen molar-refractivity contribution in [3.05, 3.63) is 29.8 Å². The maximum Gasteiger partial charge on any atom is 0.0901 e. The topological polar surface area (TPSA) is 12.0 Å². The molecule has 0 amide bonds. The molecular formula is C11H16ClN. The van der Waals surface area contributed by atoms with Gasteiger partial charge in [0.1, 0.15) is 0 Å². The summed E-state index contributed by atoms with van der Waals surface area (Å²) in [5.41, 5.74) is 2.59. The SMILES string of the molecule is CC(C)(C)c1ccccc1NCCl. The normalized spacial score (nSPS) is 11.4. The number of alkyl halides is 1. The average molecular weight is 198 g/mol. The van der Waals surface area contributed by atoms with Crippen LogP contribution in [-0.2, 0) is 5.41 Å². The lowest BCUT2D eigenvalue weighted by atomic mass is 9.86. The zero-order chi connectivity index (χ0) is 9.90. The van der Waals surface area contributed by atoms with Crippen LogP contribution in [0.5, 0.6) is 0 Å². The van der Waals surface area contributed by atoms with Gasteiger partial charge in [0.25, 0.3) is 0 Å². The second-order valence-electron chi connectivity index (χ2n) is 4.11. The summed E-state index contributed by atoms with van der Waals surface area (Å²) >= 11 is 5.65. The summed E-state index contributed by atoms with van der Waals surface area (Å²) in [7, 11) is 0. The minimum absolute atomic E-state index is 0.162. The number of para-hydroxylation sites is 1. The largest absolute Gasteiger partial charge is 0.371 e. The summed E-state index contributed by atoms with van der Waals surface area (Å²) < 4.78 is 0. The highest BCUT2D eigenvalue weighted by molar-refractivity contribution is 6.18. The van der Waals surface area contributed by atoms with Crippen LogP contribution in [0.15, 0.2) is 24.3 Å². The van der Waals surface area contributed by atoms with E-state index in [1.165, 1.54) is 5.56 Å². The van der Waals surface area contributed by atoms with Crippen molar-refractivity contribution in [2.75, 3.05) is 11.3 Å². The lowest BCUT2D eigenvalue weighted by molar-refractivity contribution is 0.592. The first kappa shape index (κ1) is 10.4. The van der Waals surface area contributed by atoms with Gasteiger partial charge in [-0.05, 0) is 17.0 Å². The predicted octanol–water partition coefficient (Wildman–Crippen LogP) is 3.59. The first-order valence-electron chi connectivity index (χ1n) is 4.45. The van der Waals surface area contributed by atoms with Crippen molar-refractivity contribution in [2.45, 2.75) is 26.2 Å². The monoisotopic (exact) mass is 197 g/mol. The summed E-state index contributed by atoms with van der Waals surface area (Å²) in [6, 6.07) is 8.72. The molecule has 1 aromatic carbocycles. The third kappa shape index (κ3) is 2.63. The zero-order valence-electron chi connectivity index (χ0n) is 8.39. The highest BCUT2D eigenvalue weighted by Gasteiger charge is 2.16. The Morgan fingerprint density at radius 3 is 2.38 bits per heavy atom. The molecule has 0 aliphatic carbocycles. The molecule has 1 N–H and O–H groups in total. The molecule has 1 nitrogen and oxygen atoms in total. The lowest BCUT2D eigenvalue weighted by Gasteiger charge is -2.22. The van der Waals surface area contributed by atoms with E-state index in [9.17, 15) is 0 Å². The summed E-state index contributed by atoms with van der Waals surface area (Å²) in [4.78, 5) is 0. The molecular weight excluding hydrogens is 182 g/mol. The molecule has 0 radical (unpaired) electrons. The minimum atomic E-state index is 0.162. The molecule has 0 spiro atoms. The Labute approximate surface area is 85.1 Å². The molecule has 0 bridgehead atoms. The van der Waals surface area contributed by atoms with Gasteiger partial charge in [-0.25, -0.2) is 0 Å². The van der Waals surface area contributed by atoms with Crippen molar-refractivity contribution in [3.8, 4) is 0 Å². The van der Waals surface area contributed by atoms with Crippen molar-refractivity contribution in [2.24, 2.45) is 0 Å². The first-order chi connectivity index (χ1) is 6.05. The second-order valence-corrected chi connectivity index (χ2v) is 4.37. The Morgan fingerprint density at radius 2 is 1.85 bits per heavy atom. The summed E-state index contributed by atoms with van der Waals surface area (Å²) in [6.07, 6.45) is 0. The van der Waals surface area contributed by atoms with Crippen molar-refractivity contribution in [1.29, 1.82) is 0 Å². The van der Waals surface area contributed by atoms with E-state index >= 15 is 0 Å². The smallest absolute Gasteiger partial charge is 0.0901 e. The predicted molar refractivity (Wildman–Crippen MR) is 59.5 cm³/mol. The van der Waals surface area contributed by atoms with Gasteiger partial charge in [0.15, 0.2) is 0 Å². The molecule has 0 heterocycles. The fourth-order valence-corrected chi connectivity index (χ4v) is 1.51. The van der Waals surface area contributed by atoms with Gasteiger partial charge in [0.2, 0.25) is 0 Å². The van der Waals surface area contributed by atoms with E-state index in [1.54, 1.807) is 0 Å². The quantitative estimate of drug-likeness (QED) is 0.565. The molecule has 0 aromatic heterocycles. The van der Waals surface area contributed by atoms with Gasteiger partial charge in [-0.2, -0.15) is 0 Å². The Balaban J connectivity index is 3.05. The van der Waals surface area contributed by atoms with Crippen LogP contribution in [0.3, 0.4) is 0 Å². The summed E-state index contributed by atoms with van der Waals surface area (Å²) in [5.74, 6) is 0. The van der Waals surface area contributed by atoms with E-state index in [-0.39, 0.29) is 5.41 Å². The molecule has 0 atom stereocenters. The average Bonchev–Trinajstić information content (AvgIpc) is 2.04. The van der Waals surface area contributed by atoms with Crippen LogP contribution in [-0.4, -0.2) is 6.00 Å². The van der Waals surface area contributed by atoms with Gasteiger partial charge in [-0.1, -0.05) is 39.0 Å². The highest BCUT2D eigenvalue weighted by Crippen LogP contribution is 2.28. The van der Waals surface area contributed by atoms with Gasteiger partial charge in [0, 0.05) is 5.69 Å². The molecule has 2 heteroatoms. The standard InChI is InChI=1S/C11H16ClN/c1-11(2,3)9-6-4-5-7-10(9)13-8-12/h4-7,13H,8H2,1-3H3. The summed E-state index contributed by atoms with van der Waals surface area (Å²) in [5, 5.41) is 3.15. The van der Waals surface area contributed by atoms with Crippen LogP contribution < -0.4 is 5.32 Å². The van der Waals surface area contributed by atoms with Crippen molar-refractivity contribution < 1.29 is 0 Å². The zero-order valence-corrected chi connectivity index (χ0v) is 9.15. The van der Waals surface area contributed by atoms with E-state index in [0.717, 1.165) is 5.69 Å². The van der Waals surface area contributed by atoms with Crippen LogP contribution in [0.4, 0.5) is 5.69 Å². The van der Waals surface area contributed by atoms with Crippen LogP contribution in [0.2, 0.25) is 0 Å². The number of anilines is 1. The molecule has 0 aliphatic rings. The third-order valence-corrected chi connectivity index (χ3v) is 2.13. The van der Waals surface area contributed by atoms with Crippen molar-refractivity contribution >= 4 is 17.3 Å². The van der Waals surface area contributed by atoms with Crippen LogP contribution >= 0.6 is 11.6 Å². The number of nitrogens with one attached hydrogen (secondary N) is 1. The fraction of sp³-hybridized carbons (Fsp3) is 0.455. The van der Waals surface area contributed by atoms with Gasteiger partial charge < -0.3 is 5.32 Å². The minimum Gasteiger partial charge on any atom is -0.371 e. The van der Waals surface area contributed by atoms with Gasteiger partial charge in [0.05, 0.1) is 6.00 Å². The Hall–Kier alpha value is -0.690. The highest BCUT2D eigenvalue weighted by atomic mass is 35.5. The van der Waals surface area contributed by atoms with Crippen LogP contribution in [0.1, 0.15) is 26.3 Å². The summed E-state index contributed by atoms with van der Waals surface area (Å²) in [6.45, 7) is 6.59. The van der Waals surface area contributed by atoms with Gasteiger partial charge >= 0.3 is 0 Å². The Kier molecular flexibility index (Phi) is 3.21. The molecule has 13 heavy (non-hydrogen) atoms. The molecule has 72 valence electrons. The number of hydrogen-bond donors (Lipinski definition) is 1. The number of hydrogen-bond acceptors (Lipinski definition) is 1. The fourth-order valence-electron chi connectivity index (χ4n) is 1.36. The van der Waals surface area contributed by atoms with E-state index in [2.05, 4.69) is 44.3 Å². The van der Waals surface area contributed by atoms with E-state index in [4.69, 9.17) is 11.6 Å². The van der Waals surface area contributed by atoms with E-state index < -0.39 is 0 Å². The number of halogens is 1.